The predicted molar refractivity (Wildman–Crippen MR) is 123 cm³/mol. The molecule has 2 heteroatoms. The molecule has 4 rings (SSSR count). The summed E-state index contributed by atoms with van der Waals surface area (Å²) in [6, 6.07) is 0. The largest absolute Gasteiger partial charge is 0.414 e. The third-order valence-electron chi connectivity index (χ3n) is 10.3. The van der Waals surface area contributed by atoms with E-state index in [0.29, 0.717) is 22.0 Å². The number of fused-ring (bicyclic) bond motifs is 5. The lowest BCUT2D eigenvalue weighted by molar-refractivity contribution is -0.0253. The average molecular weight is 401 g/mol. The first-order chi connectivity index (χ1) is 12.9. The van der Waals surface area contributed by atoms with Crippen LogP contribution in [0.5, 0.6) is 0 Å². The summed E-state index contributed by atoms with van der Waals surface area (Å²) < 4.78 is 6.86. The van der Waals surface area contributed by atoms with Crippen LogP contribution in [-0.4, -0.2) is 14.4 Å². The Morgan fingerprint density at radius 2 is 1.68 bits per heavy atom. The van der Waals surface area contributed by atoms with Gasteiger partial charge >= 0.3 is 0 Å². The minimum Gasteiger partial charge on any atom is -0.414 e. The first kappa shape index (κ1) is 20.9. The number of allylic oxidation sites excluding steroid dienone is 2. The van der Waals surface area contributed by atoms with Crippen LogP contribution in [0, 0.1) is 28.6 Å². The molecule has 0 saturated heterocycles. The molecule has 4 aliphatic carbocycles. The Hall–Kier alpha value is -0.343. The monoisotopic (exact) mass is 400 g/mol. The minimum absolute atomic E-state index is 0.304. The fraction of sp³-hybridized carbons (Fsp3) is 0.846. The lowest BCUT2D eigenvalue weighted by atomic mass is 9.48. The zero-order valence-electron chi connectivity index (χ0n) is 19.7. The van der Waals surface area contributed by atoms with Crippen LogP contribution in [0.3, 0.4) is 0 Å². The normalized spacial score (nSPS) is 43.8. The highest BCUT2D eigenvalue weighted by atomic mass is 28.4. The quantitative estimate of drug-likeness (QED) is 0.338. The Balaban J connectivity index is 1.53. The van der Waals surface area contributed by atoms with Crippen molar-refractivity contribution >= 4 is 8.32 Å². The van der Waals surface area contributed by atoms with E-state index in [1.54, 1.807) is 11.1 Å². The first-order valence-corrected chi connectivity index (χ1v) is 14.8. The van der Waals surface area contributed by atoms with Crippen molar-refractivity contribution in [2.45, 2.75) is 110 Å². The highest BCUT2D eigenvalue weighted by molar-refractivity contribution is 6.74. The zero-order valence-corrected chi connectivity index (χ0v) is 20.7. The van der Waals surface area contributed by atoms with Crippen LogP contribution < -0.4 is 0 Å². The van der Waals surface area contributed by atoms with Crippen LogP contribution in [0.4, 0.5) is 0 Å². The van der Waals surface area contributed by atoms with Crippen molar-refractivity contribution in [2.75, 3.05) is 0 Å². The lowest BCUT2D eigenvalue weighted by Crippen LogP contribution is -2.51. The molecule has 28 heavy (non-hydrogen) atoms. The summed E-state index contributed by atoms with van der Waals surface area (Å²) in [5, 5.41) is 0.304. The van der Waals surface area contributed by atoms with Gasteiger partial charge in [0.25, 0.3) is 0 Å². The highest BCUT2D eigenvalue weighted by Crippen LogP contribution is 2.66. The van der Waals surface area contributed by atoms with Gasteiger partial charge in [-0.05, 0) is 98.1 Å². The molecule has 0 heterocycles. The molecule has 6 atom stereocenters. The van der Waals surface area contributed by atoms with Crippen molar-refractivity contribution in [1.82, 2.24) is 0 Å². The summed E-state index contributed by atoms with van der Waals surface area (Å²) in [4.78, 5) is 0. The zero-order chi connectivity index (χ0) is 20.5. The van der Waals surface area contributed by atoms with E-state index >= 15 is 0 Å². The molecule has 3 saturated carbocycles. The molecule has 0 radical (unpaired) electrons. The Bertz CT molecular complexity index is 683. The van der Waals surface area contributed by atoms with Crippen molar-refractivity contribution in [1.29, 1.82) is 0 Å². The van der Waals surface area contributed by atoms with Gasteiger partial charge in [-0.15, -0.1) is 0 Å². The molecule has 4 aliphatic rings. The molecule has 158 valence electrons. The molecular weight excluding hydrogens is 356 g/mol. The van der Waals surface area contributed by atoms with Crippen molar-refractivity contribution in [3.63, 3.8) is 0 Å². The number of hydrogen-bond donors (Lipinski definition) is 0. The van der Waals surface area contributed by atoms with Gasteiger partial charge in [0.15, 0.2) is 8.32 Å². The second-order valence-electron chi connectivity index (χ2n) is 12.6. The molecule has 0 amide bonds. The van der Waals surface area contributed by atoms with Gasteiger partial charge in [0.05, 0.1) is 0 Å². The maximum atomic E-state index is 6.86. The van der Waals surface area contributed by atoms with E-state index in [4.69, 9.17) is 4.43 Å². The van der Waals surface area contributed by atoms with Crippen LogP contribution in [-0.2, 0) is 4.43 Å². The van der Waals surface area contributed by atoms with E-state index in [1.165, 1.54) is 51.4 Å². The summed E-state index contributed by atoms with van der Waals surface area (Å²) in [7, 11) is -1.68. The topological polar surface area (TPSA) is 9.23 Å². The van der Waals surface area contributed by atoms with Crippen LogP contribution >= 0.6 is 0 Å². The molecule has 0 aliphatic heterocycles. The van der Waals surface area contributed by atoms with E-state index in [9.17, 15) is 0 Å². The molecule has 0 bridgehead atoms. The smallest absolute Gasteiger partial charge is 0.192 e. The van der Waals surface area contributed by atoms with Crippen molar-refractivity contribution in [3.8, 4) is 0 Å². The maximum absolute atomic E-state index is 6.86. The minimum atomic E-state index is -1.68. The molecule has 1 nitrogen and oxygen atoms in total. The van der Waals surface area contributed by atoms with E-state index in [-0.39, 0.29) is 0 Å². The summed E-state index contributed by atoms with van der Waals surface area (Å²) in [6.07, 6.45) is 13.7. The van der Waals surface area contributed by atoms with Gasteiger partial charge in [0, 0.05) is 6.10 Å². The summed E-state index contributed by atoms with van der Waals surface area (Å²) >= 11 is 0. The van der Waals surface area contributed by atoms with Gasteiger partial charge in [-0.3, -0.25) is 0 Å². The van der Waals surface area contributed by atoms with E-state index in [2.05, 4.69) is 60.4 Å². The molecule has 0 spiro atoms. The second kappa shape index (κ2) is 6.58. The molecule has 0 N–H and O–H groups in total. The standard InChI is InChI=1S/C26H44OSi/c1-18-9-12-22-21-11-10-19-17-20(27-28(7,8)24(2,3)4)13-15-26(19,6)23(21)14-16-25(18,22)5/h10,20-23H,1,9,11-17H2,2-8H3/t20?,21-,22-,23+,25+,26-/m0/s1. The molecule has 1 unspecified atom stereocenters. The van der Waals surface area contributed by atoms with Gasteiger partial charge in [-0.25, -0.2) is 0 Å². The fourth-order valence-electron chi connectivity index (χ4n) is 7.23. The Labute approximate surface area is 175 Å². The van der Waals surface area contributed by atoms with Gasteiger partial charge in [-0.1, -0.05) is 58.4 Å². The Morgan fingerprint density at radius 3 is 2.36 bits per heavy atom. The average Bonchev–Trinajstić information content (AvgIpc) is 2.89. The Morgan fingerprint density at radius 1 is 1.04 bits per heavy atom. The Kier molecular flexibility index (Phi) is 4.91. The van der Waals surface area contributed by atoms with Crippen LogP contribution in [0.1, 0.15) is 86.0 Å². The SMILES string of the molecule is C=C1CC[C@H]2[C@@H]3CC=C4CC(O[Si](C)(C)C(C)(C)C)CC[C@]4(C)[C@@H]3CC[C@]12C. The summed E-state index contributed by atoms with van der Waals surface area (Å²) in [5.74, 6) is 2.67. The highest BCUT2D eigenvalue weighted by Gasteiger charge is 2.57. The molecule has 0 aromatic carbocycles. The molecule has 0 aromatic rings. The lowest BCUT2D eigenvalue weighted by Gasteiger charge is -2.58. The summed E-state index contributed by atoms with van der Waals surface area (Å²) in [6.45, 7) is 21.6. The third-order valence-corrected chi connectivity index (χ3v) is 14.8. The first-order valence-electron chi connectivity index (χ1n) is 11.9. The fourth-order valence-corrected chi connectivity index (χ4v) is 8.62. The van der Waals surface area contributed by atoms with E-state index in [1.807, 2.05) is 0 Å². The van der Waals surface area contributed by atoms with Crippen molar-refractivity contribution in [3.05, 3.63) is 23.8 Å². The second-order valence-corrected chi connectivity index (χ2v) is 17.4. The molecular formula is C26H44OSi. The van der Waals surface area contributed by atoms with Crippen LogP contribution in [0.2, 0.25) is 18.1 Å². The van der Waals surface area contributed by atoms with Crippen molar-refractivity contribution in [2.24, 2.45) is 28.6 Å². The maximum Gasteiger partial charge on any atom is 0.192 e. The van der Waals surface area contributed by atoms with Gasteiger partial charge < -0.3 is 4.43 Å². The molecule has 3 fully saturated rings. The van der Waals surface area contributed by atoms with Gasteiger partial charge in [0.1, 0.15) is 0 Å². The van der Waals surface area contributed by atoms with E-state index < -0.39 is 8.32 Å². The van der Waals surface area contributed by atoms with Gasteiger partial charge in [-0.2, -0.15) is 0 Å². The van der Waals surface area contributed by atoms with Crippen LogP contribution in [0.15, 0.2) is 23.8 Å². The van der Waals surface area contributed by atoms with E-state index in [0.717, 1.165) is 17.8 Å². The van der Waals surface area contributed by atoms with Crippen LogP contribution in [0.25, 0.3) is 0 Å². The number of hydrogen-bond acceptors (Lipinski definition) is 1. The van der Waals surface area contributed by atoms with Gasteiger partial charge in [0.2, 0.25) is 0 Å². The number of rotatable bonds is 2. The third kappa shape index (κ3) is 3.04. The summed E-state index contributed by atoms with van der Waals surface area (Å²) in [5.41, 5.74) is 4.18. The molecule has 0 aromatic heterocycles. The predicted octanol–water partition coefficient (Wildman–Crippen LogP) is 7.90. The van der Waals surface area contributed by atoms with Crippen molar-refractivity contribution < 1.29 is 4.43 Å².